The molecular weight excluding hydrogens is 488 g/mol. The summed E-state index contributed by atoms with van der Waals surface area (Å²) in [4.78, 5) is 22.3. The first-order chi connectivity index (χ1) is 18.9. The summed E-state index contributed by atoms with van der Waals surface area (Å²) in [5.41, 5.74) is 5.89. The van der Waals surface area contributed by atoms with Crippen LogP contribution in [0.15, 0.2) is 71.3 Å². The minimum Gasteiger partial charge on any atom is -0.365 e. The average Bonchev–Trinajstić information content (AvgIpc) is 3.41. The van der Waals surface area contributed by atoms with Gasteiger partial charge in [-0.3, -0.25) is 9.69 Å². The smallest absolute Gasteiger partial charge is 0.257 e. The number of carbonyl (C=O) groups is 1. The summed E-state index contributed by atoms with van der Waals surface area (Å²) in [5, 5.41) is 17.2. The number of anilines is 2. The molecule has 1 aromatic heterocycles. The third kappa shape index (κ3) is 4.45. The largest absolute Gasteiger partial charge is 0.365 e. The first-order valence-corrected chi connectivity index (χ1v) is 13.3. The molecule has 3 heterocycles. The van der Waals surface area contributed by atoms with Gasteiger partial charge in [0.25, 0.3) is 11.8 Å². The van der Waals surface area contributed by atoms with Gasteiger partial charge in [0.15, 0.2) is 5.82 Å². The maximum absolute atomic E-state index is 13.0. The predicted molar refractivity (Wildman–Crippen MR) is 150 cm³/mol. The molecule has 3 aromatic carbocycles. The zero-order valence-electron chi connectivity index (χ0n) is 22.3. The highest BCUT2D eigenvalue weighted by molar-refractivity contribution is 6.07. The van der Waals surface area contributed by atoms with Gasteiger partial charge in [-0.25, -0.2) is 0 Å². The zero-order valence-corrected chi connectivity index (χ0v) is 22.3. The van der Waals surface area contributed by atoms with Gasteiger partial charge in [-0.15, -0.1) is 0 Å². The summed E-state index contributed by atoms with van der Waals surface area (Å²) in [6.07, 6.45) is 0. The molecule has 2 aliphatic rings. The van der Waals surface area contributed by atoms with Crippen molar-refractivity contribution in [2.45, 2.75) is 38.8 Å². The van der Waals surface area contributed by atoms with E-state index in [1.165, 1.54) is 0 Å². The molecule has 1 N–H and O–H groups in total. The Morgan fingerprint density at radius 1 is 1.05 bits per heavy atom. The summed E-state index contributed by atoms with van der Waals surface area (Å²) >= 11 is 0. The van der Waals surface area contributed by atoms with E-state index >= 15 is 0 Å². The molecule has 2 atom stereocenters. The van der Waals surface area contributed by atoms with Crippen molar-refractivity contribution in [2.24, 2.45) is 0 Å². The van der Waals surface area contributed by atoms with Crippen LogP contribution in [0.2, 0.25) is 0 Å². The number of para-hydroxylation sites is 1. The summed E-state index contributed by atoms with van der Waals surface area (Å²) in [7, 11) is 0. The van der Waals surface area contributed by atoms with Gasteiger partial charge in [0.1, 0.15) is 6.07 Å². The van der Waals surface area contributed by atoms with Crippen molar-refractivity contribution in [1.29, 1.82) is 5.26 Å². The summed E-state index contributed by atoms with van der Waals surface area (Å²) < 4.78 is 5.45. The maximum Gasteiger partial charge on any atom is 0.257 e. The lowest BCUT2D eigenvalue weighted by molar-refractivity contribution is 0.102. The number of hydrogen-bond donors (Lipinski definition) is 1. The average molecular weight is 519 g/mol. The molecule has 1 saturated heterocycles. The molecule has 1 fully saturated rings. The number of benzene rings is 3. The lowest BCUT2D eigenvalue weighted by Crippen LogP contribution is -2.53. The van der Waals surface area contributed by atoms with Crippen LogP contribution in [0.1, 0.15) is 65.6 Å². The molecular formula is C31H30N6O2. The van der Waals surface area contributed by atoms with Crippen molar-refractivity contribution in [1.82, 2.24) is 15.0 Å². The monoisotopic (exact) mass is 518 g/mol. The number of nitrogens with zero attached hydrogens (tertiary/aromatic N) is 5. The summed E-state index contributed by atoms with van der Waals surface area (Å²) in [6, 6.07) is 24.2. The molecule has 196 valence electrons. The Hall–Kier alpha value is -4.48. The van der Waals surface area contributed by atoms with Gasteiger partial charge in [-0.05, 0) is 48.4 Å². The lowest BCUT2D eigenvalue weighted by atomic mass is 9.92. The molecule has 8 nitrogen and oxygen atoms in total. The summed E-state index contributed by atoms with van der Waals surface area (Å²) in [6.45, 7) is 8.51. The van der Waals surface area contributed by atoms with Crippen molar-refractivity contribution >= 4 is 17.3 Å². The van der Waals surface area contributed by atoms with E-state index in [2.05, 4.69) is 50.4 Å². The fourth-order valence-electron chi connectivity index (χ4n) is 5.72. The van der Waals surface area contributed by atoms with Crippen LogP contribution in [-0.2, 0) is 0 Å². The molecule has 1 amide bonds. The number of carbonyl (C=O) groups excluding carboxylic acids is 1. The van der Waals surface area contributed by atoms with Gasteiger partial charge < -0.3 is 14.7 Å². The van der Waals surface area contributed by atoms with Crippen molar-refractivity contribution in [3.05, 3.63) is 94.8 Å². The quantitative estimate of drug-likeness (QED) is 0.376. The van der Waals surface area contributed by atoms with Gasteiger partial charge in [0, 0.05) is 48.4 Å². The van der Waals surface area contributed by atoms with Crippen LogP contribution in [0.25, 0.3) is 11.5 Å². The fourth-order valence-corrected chi connectivity index (χ4v) is 5.72. The van der Waals surface area contributed by atoms with E-state index in [1.54, 1.807) is 0 Å². The van der Waals surface area contributed by atoms with Crippen LogP contribution in [-0.4, -0.2) is 46.6 Å². The van der Waals surface area contributed by atoms with Crippen LogP contribution in [0, 0.1) is 11.3 Å². The van der Waals surface area contributed by atoms with Crippen LogP contribution in [0.3, 0.4) is 0 Å². The van der Waals surface area contributed by atoms with Crippen molar-refractivity contribution in [3.8, 4) is 17.5 Å². The molecule has 1 unspecified atom stereocenters. The van der Waals surface area contributed by atoms with Gasteiger partial charge in [-0.1, -0.05) is 55.4 Å². The number of nitrogens with one attached hydrogen (secondary N) is 1. The highest BCUT2D eigenvalue weighted by Crippen LogP contribution is 2.40. The Bertz CT molecular complexity index is 1590. The number of fused-ring (bicyclic) bond motifs is 2. The van der Waals surface area contributed by atoms with E-state index < -0.39 is 0 Å². The normalized spacial score (nSPS) is 19.2. The number of rotatable bonds is 4. The van der Waals surface area contributed by atoms with E-state index in [0.717, 1.165) is 47.7 Å². The molecule has 0 saturated carbocycles. The van der Waals surface area contributed by atoms with Crippen LogP contribution < -0.4 is 10.2 Å². The van der Waals surface area contributed by atoms with Crippen molar-refractivity contribution < 1.29 is 9.32 Å². The Kier molecular flexibility index (Phi) is 6.37. The summed E-state index contributed by atoms with van der Waals surface area (Å²) in [5.74, 6) is 1.16. The number of nitriles is 1. The van der Waals surface area contributed by atoms with Crippen molar-refractivity contribution in [2.75, 3.05) is 29.9 Å². The second-order valence-electron chi connectivity index (χ2n) is 10.5. The van der Waals surface area contributed by atoms with E-state index in [1.807, 2.05) is 68.4 Å². The maximum atomic E-state index is 13.0. The molecule has 6 rings (SSSR count). The minimum atomic E-state index is -0.0762. The Morgan fingerprint density at radius 3 is 2.56 bits per heavy atom. The highest BCUT2D eigenvalue weighted by atomic mass is 16.5. The molecule has 39 heavy (non-hydrogen) atoms. The van der Waals surface area contributed by atoms with E-state index in [0.29, 0.717) is 22.8 Å². The van der Waals surface area contributed by atoms with Crippen LogP contribution in [0.4, 0.5) is 11.4 Å². The molecule has 0 spiro atoms. The van der Waals surface area contributed by atoms with Crippen molar-refractivity contribution in [3.63, 3.8) is 0 Å². The Balaban J connectivity index is 1.30. The Labute approximate surface area is 227 Å². The molecule has 0 aliphatic carbocycles. The van der Waals surface area contributed by atoms with Crippen LogP contribution >= 0.6 is 0 Å². The van der Waals surface area contributed by atoms with E-state index in [9.17, 15) is 10.1 Å². The molecule has 2 aliphatic heterocycles. The zero-order chi connectivity index (χ0) is 27.1. The first-order valence-electron chi connectivity index (χ1n) is 13.3. The number of piperazine rings is 1. The highest BCUT2D eigenvalue weighted by Gasteiger charge is 2.35. The molecule has 0 bridgehead atoms. The predicted octanol–water partition coefficient (Wildman–Crippen LogP) is 5.60. The van der Waals surface area contributed by atoms with E-state index in [-0.39, 0.29) is 23.9 Å². The van der Waals surface area contributed by atoms with Gasteiger partial charge in [-0.2, -0.15) is 10.2 Å². The lowest BCUT2D eigenvalue weighted by Gasteiger charge is -2.45. The Morgan fingerprint density at radius 2 is 1.82 bits per heavy atom. The van der Waals surface area contributed by atoms with Gasteiger partial charge in [0.2, 0.25) is 0 Å². The first kappa shape index (κ1) is 24.8. The third-order valence-electron chi connectivity index (χ3n) is 7.66. The van der Waals surface area contributed by atoms with E-state index in [4.69, 9.17) is 4.52 Å². The fraction of sp³-hybridized carbons (Fsp3) is 0.290. The molecule has 4 aromatic rings. The molecule has 8 heteroatoms. The molecule has 0 radical (unpaired) electrons. The SMILES string of the molecule is CC(C)c1noc(-c2ccc(N3CCN(C4c5ccccc5NC(=O)c5ccccc54)C[C@H]3C)c(C#N)c2)n1. The topological polar surface area (TPSA) is 98.3 Å². The van der Waals surface area contributed by atoms with Gasteiger partial charge >= 0.3 is 0 Å². The van der Waals surface area contributed by atoms with Crippen LogP contribution in [0.5, 0.6) is 0 Å². The number of aromatic nitrogens is 2. The standard InChI is InChI=1S/C31H30N6O2/c1-19(2)29-34-31(39-35-29)21-12-13-27(22(16-21)17-32)37-15-14-36(18-20(37)3)28-23-8-4-5-9-24(23)30(38)33-26-11-7-6-10-25(26)28/h4-13,16,19-20,28H,14-15,18H2,1-3H3,(H,33,38)/t20-,28?/m1/s1. The third-order valence-corrected chi connectivity index (χ3v) is 7.66. The second kappa shape index (κ2) is 10.0. The minimum absolute atomic E-state index is 0.0496. The second-order valence-corrected chi connectivity index (χ2v) is 10.5. The number of amides is 1. The van der Waals surface area contributed by atoms with Gasteiger partial charge in [0.05, 0.1) is 17.3 Å². The number of hydrogen-bond acceptors (Lipinski definition) is 7.